The zero-order chi connectivity index (χ0) is 16.3. The van der Waals surface area contributed by atoms with E-state index in [-0.39, 0.29) is 5.56 Å². The molecular weight excluding hydrogens is 284 g/mol. The SMILES string of the molecule is CC(C)(C)OC(=O)COC(=O)c1ccc2[nH]cc(C#N)c2c1. The van der Waals surface area contributed by atoms with E-state index < -0.39 is 24.1 Å². The molecule has 114 valence electrons. The lowest BCUT2D eigenvalue weighted by Crippen LogP contribution is -2.27. The first-order valence-corrected chi connectivity index (χ1v) is 6.70. The van der Waals surface area contributed by atoms with Gasteiger partial charge in [-0.2, -0.15) is 5.26 Å². The Balaban J connectivity index is 2.07. The summed E-state index contributed by atoms with van der Waals surface area (Å²) in [7, 11) is 0. The number of rotatable bonds is 3. The van der Waals surface area contributed by atoms with Crippen molar-refractivity contribution in [3.63, 3.8) is 0 Å². The fraction of sp³-hybridized carbons (Fsp3) is 0.312. The number of nitrogens with zero attached hydrogens (tertiary/aromatic N) is 1. The number of aromatic amines is 1. The third-order valence-electron chi connectivity index (χ3n) is 2.78. The summed E-state index contributed by atoms with van der Waals surface area (Å²) < 4.78 is 9.98. The van der Waals surface area contributed by atoms with Crippen molar-refractivity contribution < 1.29 is 19.1 Å². The van der Waals surface area contributed by atoms with Gasteiger partial charge < -0.3 is 14.5 Å². The lowest BCUT2D eigenvalue weighted by molar-refractivity contribution is -0.158. The lowest BCUT2D eigenvalue weighted by atomic mass is 10.1. The number of ether oxygens (including phenoxy) is 2. The maximum absolute atomic E-state index is 12.0. The van der Waals surface area contributed by atoms with Crippen LogP contribution in [0.5, 0.6) is 0 Å². The molecule has 1 heterocycles. The zero-order valence-electron chi connectivity index (χ0n) is 12.6. The van der Waals surface area contributed by atoms with E-state index in [1.807, 2.05) is 6.07 Å². The summed E-state index contributed by atoms with van der Waals surface area (Å²) >= 11 is 0. The highest BCUT2D eigenvalue weighted by molar-refractivity contribution is 5.97. The van der Waals surface area contributed by atoms with Gasteiger partial charge in [0.05, 0.1) is 11.1 Å². The molecule has 6 nitrogen and oxygen atoms in total. The summed E-state index contributed by atoms with van der Waals surface area (Å²) in [5.41, 5.74) is 0.832. The molecule has 1 aromatic heterocycles. The molecular formula is C16H16N2O4. The molecule has 0 saturated carbocycles. The van der Waals surface area contributed by atoms with E-state index in [2.05, 4.69) is 4.98 Å². The Hall–Kier alpha value is -2.81. The Bertz CT molecular complexity index is 763. The van der Waals surface area contributed by atoms with Crippen molar-refractivity contribution in [2.45, 2.75) is 26.4 Å². The summed E-state index contributed by atoms with van der Waals surface area (Å²) in [4.78, 5) is 26.4. The summed E-state index contributed by atoms with van der Waals surface area (Å²) in [5, 5.41) is 9.62. The number of nitrogens with one attached hydrogen (secondary N) is 1. The second-order valence-corrected chi connectivity index (χ2v) is 5.74. The predicted molar refractivity (Wildman–Crippen MR) is 79.1 cm³/mol. The number of benzene rings is 1. The van der Waals surface area contributed by atoms with Crippen LogP contribution in [0.15, 0.2) is 24.4 Å². The molecule has 22 heavy (non-hydrogen) atoms. The molecule has 0 aliphatic heterocycles. The van der Waals surface area contributed by atoms with Crippen molar-refractivity contribution in [3.05, 3.63) is 35.5 Å². The van der Waals surface area contributed by atoms with E-state index >= 15 is 0 Å². The lowest BCUT2D eigenvalue weighted by Gasteiger charge is -2.19. The smallest absolute Gasteiger partial charge is 0.344 e. The molecule has 0 bridgehead atoms. The quantitative estimate of drug-likeness (QED) is 0.879. The van der Waals surface area contributed by atoms with E-state index in [9.17, 15) is 9.59 Å². The van der Waals surface area contributed by atoms with Gasteiger partial charge in [0.2, 0.25) is 0 Å². The van der Waals surface area contributed by atoms with Gasteiger partial charge in [0.1, 0.15) is 11.7 Å². The van der Waals surface area contributed by atoms with Gasteiger partial charge >= 0.3 is 11.9 Å². The number of aromatic nitrogens is 1. The minimum absolute atomic E-state index is 0.271. The number of nitriles is 1. The predicted octanol–water partition coefficient (Wildman–Crippen LogP) is 2.54. The van der Waals surface area contributed by atoms with E-state index in [0.29, 0.717) is 10.9 Å². The second-order valence-electron chi connectivity index (χ2n) is 5.74. The molecule has 0 aliphatic rings. The standard InChI is InChI=1S/C16H16N2O4/c1-16(2,3)22-14(19)9-21-15(20)10-4-5-13-12(6-10)11(7-17)8-18-13/h4-6,8,18H,9H2,1-3H3. The molecule has 1 N–H and O–H groups in total. The minimum atomic E-state index is -0.641. The molecule has 0 unspecified atom stereocenters. The molecule has 2 aromatic rings. The van der Waals surface area contributed by atoms with Crippen LogP contribution in [0.2, 0.25) is 0 Å². The van der Waals surface area contributed by atoms with Crippen molar-refractivity contribution >= 4 is 22.8 Å². The third-order valence-corrected chi connectivity index (χ3v) is 2.78. The highest BCUT2D eigenvalue weighted by Crippen LogP contribution is 2.19. The normalized spacial score (nSPS) is 11.0. The topological polar surface area (TPSA) is 92.2 Å². The molecule has 0 radical (unpaired) electrons. The Morgan fingerprint density at radius 2 is 2.05 bits per heavy atom. The highest BCUT2D eigenvalue weighted by Gasteiger charge is 2.18. The molecule has 6 heteroatoms. The Labute approximate surface area is 127 Å². The number of hydrogen-bond donors (Lipinski definition) is 1. The van der Waals surface area contributed by atoms with Crippen molar-refractivity contribution in [3.8, 4) is 6.07 Å². The zero-order valence-corrected chi connectivity index (χ0v) is 12.6. The van der Waals surface area contributed by atoms with Crippen molar-refractivity contribution in [1.82, 2.24) is 4.98 Å². The van der Waals surface area contributed by atoms with Gasteiger partial charge in [0.25, 0.3) is 0 Å². The number of carbonyl (C=O) groups is 2. The Morgan fingerprint density at radius 3 is 2.68 bits per heavy atom. The van der Waals surface area contributed by atoms with Gasteiger partial charge in [-0.25, -0.2) is 9.59 Å². The molecule has 0 saturated heterocycles. The maximum atomic E-state index is 12.0. The van der Waals surface area contributed by atoms with Crippen molar-refractivity contribution in [1.29, 1.82) is 5.26 Å². The fourth-order valence-corrected chi connectivity index (χ4v) is 1.92. The van der Waals surface area contributed by atoms with Crippen molar-refractivity contribution in [2.75, 3.05) is 6.61 Å². The number of carbonyl (C=O) groups excluding carboxylic acids is 2. The number of H-pyrrole nitrogens is 1. The average Bonchev–Trinajstić information content (AvgIpc) is 2.85. The molecule has 0 fully saturated rings. The van der Waals surface area contributed by atoms with Gasteiger partial charge in [-0.1, -0.05) is 0 Å². The summed E-state index contributed by atoms with van der Waals surface area (Å²) in [6, 6.07) is 6.84. The van der Waals surface area contributed by atoms with E-state index in [4.69, 9.17) is 14.7 Å². The van der Waals surface area contributed by atoms with Crippen molar-refractivity contribution in [2.24, 2.45) is 0 Å². The summed E-state index contributed by atoms with van der Waals surface area (Å²) in [6.07, 6.45) is 1.57. The Morgan fingerprint density at radius 1 is 1.32 bits per heavy atom. The van der Waals surface area contributed by atoms with Crippen LogP contribution in [0, 0.1) is 11.3 Å². The van der Waals surface area contributed by atoms with Gasteiger partial charge in [-0.05, 0) is 39.0 Å². The van der Waals surface area contributed by atoms with E-state index in [1.165, 1.54) is 0 Å². The second kappa shape index (κ2) is 5.90. The number of fused-ring (bicyclic) bond motifs is 1. The number of hydrogen-bond acceptors (Lipinski definition) is 5. The molecule has 0 spiro atoms. The molecule has 2 rings (SSSR count). The van der Waals surface area contributed by atoms with Gasteiger partial charge in [0, 0.05) is 17.1 Å². The van der Waals surface area contributed by atoms with Crippen LogP contribution in [-0.2, 0) is 14.3 Å². The molecule has 0 amide bonds. The number of esters is 2. The van der Waals surface area contributed by atoms with Gasteiger partial charge in [0.15, 0.2) is 6.61 Å². The van der Waals surface area contributed by atoms with E-state index in [0.717, 1.165) is 5.52 Å². The highest BCUT2D eigenvalue weighted by atomic mass is 16.6. The molecule has 0 aliphatic carbocycles. The van der Waals surface area contributed by atoms with Gasteiger partial charge in [-0.15, -0.1) is 0 Å². The van der Waals surface area contributed by atoms with E-state index in [1.54, 1.807) is 45.2 Å². The van der Waals surface area contributed by atoms with Gasteiger partial charge in [-0.3, -0.25) is 0 Å². The Kier molecular flexibility index (Phi) is 4.18. The molecule has 0 atom stereocenters. The van der Waals surface area contributed by atoms with Crippen LogP contribution in [-0.4, -0.2) is 29.1 Å². The summed E-state index contributed by atoms with van der Waals surface area (Å²) in [6.45, 7) is 4.74. The first kappa shape index (κ1) is 15.6. The third kappa shape index (κ3) is 3.64. The van der Waals surface area contributed by atoms with Crippen LogP contribution in [0.3, 0.4) is 0 Å². The largest absolute Gasteiger partial charge is 0.457 e. The first-order chi connectivity index (χ1) is 10.3. The maximum Gasteiger partial charge on any atom is 0.344 e. The van der Waals surface area contributed by atoms with Crippen LogP contribution in [0.25, 0.3) is 10.9 Å². The first-order valence-electron chi connectivity index (χ1n) is 6.70. The monoisotopic (exact) mass is 300 g/mol. The van der Waals surface area contributed by atoms with Crippen LogP contribution in [0.1, 0.15) is 36.7 Å². The molecule has 1 aromatic carbocycles. The fourth-order valence-electron chi connectivity index (χ4n) is 1.92. The van der Waals surface area contributed by atoms with Crippen LogP contribution in [0.4, 0.5) is 0 Å². The van der Waals surface area contributed by atoms with Crippen LogP contribution < -0.4 is 0 Å². The van der Waals surface area contributed by atoms with Crippen LogP contribution >= 0.6 is 0 Å². The summed E-state index contributed by atoms with van der Waals surface area (Å²) in [5.74, 6) is -1.25. The average molecular weight is 300 g/mol. The minimum Gasteiger partial charge on any atom is -0.457 e.